The maximum Gasteiger partial charge on any atom is 0.123 e. The van der Waals surface area contributed by atoms with Crippen molar-refractivity contribution in [2.75, 3.05) is 6.61 Å². The molecule has 0 aliphatic heterocycles. The number of rotatable bonds is 7. The molecule has 1 aromatic carbocycles. The molecule has 1 rings (SSSR count). The first-order chi connectivity index (χ1) is 8.48. The van der Waals surface area contributed by atoms with Crippen LogP contribution in [0.1, 0.15) is 46.1 Å². The van der Waals surface area contributed by atoms with Gasteiger partial charge in [0.2, 0.25) is 0 Å². The van der Waals surface area contributed by atoms with Gasteiger partial charge in [0.1, 0.15) is 5.75 Å². The number of hydrogen-bond acceptors (Lipinski definition) is 2. The molecule has 0 aliphatic rings. The van der Waals surface area contributed by atoms with Crippen molar-refractivity contribution >= 4 is 11.6 Å². The minimum atomic E-state index is 0.129. The normalized spacial score (nSPS) is 11.6. The third-order valence-corrected chi connectivity index (χ3v) is 3.36. The number of ether oxygens (including phenoxy) is 1. The van der Waals surface area contributed by atoms with Crippen molar-refractivity contribution in [1.29, 1.82) is 0 Å². The van der Waals surface area contributed by atoms with E-state index >= 15 is 0 Å². The standard InChI is InChI=1S/C15H24ClNO/c1-5-9-18-14-8-7-13(16)10-12(14)11-17-15(3,4)6-2/h7-8,10,17H,5-6,9,11H2,1-4H3. The van der Waals surface area contributed by atoms with Crippen LogP contribution < -0.4 is 10.1 Å². The summed E-state index contributed by atoms with van der Waals surface area (Å²) in [4.78, 5) is 0. The van der Waals surface area contributed by atoms with E-state index in [9.17, 15) is 0 Å². The van der Waals surface area contributed by atoms with Crippen molar-refractivity contribution < 1.29 is 4.74 Å². The minimum absolute atomic E-state index is 0.129. The second-order valence-electron chi connectivity index (χ2n) is 5.19. The molecule has 0 heterocycles. The summed E-state index contributed by atoms with van der Waals surface area (Å²) in [6.45, 7) is 10.2. The molecule has 2 nitrogen and oxygen atoms in total. The lowest BCUT2D eigenvalue weighted by Gasteiger charge is -2.25. The molecule has 0 radical (unpaired) electrons. The predicted octanol–water partition coefficient (Wildman–Crippen LogP) is 4.41. The van der Waals surface area contributed by atoms with Crippen LogP contribution in [0.25, 0.3) is 0 Å². The molecule has 0 atom stereocenters. The highest BCUT2D eigenvalue weighted by Gasteiger charge is 2.15. The van der Waals surface area contributed by atoms with E-state index in [1.807, 2.05) is 18.2 Å². The van der Waals surface area contributed by atoms with E-state index in [2.05, 4.69) is 33.0 Å². The van der Waals surface area contributed by atoms with Crippen LogP contribution in [0.3, 0.4) is 0 Å². The first-order valence-corrected chi connectivity index (χ1v) is 7.02. The van der Waals surface area contributed by atoms with Crippen LogP contribution in [0.2, 0.25) is 5.02 Å². The Balaban J connectivity index is 2.75. The largest absolute Gasteiger partial charge is 0.493 e. The molecule has 0 fully saturated rings. The highest BCUT2D eigenvalue weighted by molar-refractivity contribution is 6.30. The van der Waals surface area contributed by atoms with Crippen molar-refractivity contribution in [3.8, 4) is 5.75 Å². The first-order valence-electron chi connectivity index (χ1n) is 6.64. The van der Waals surface area contributed by atoms with Crippen molar-refractivity contribution in [3.63, 3.8) is 0 Å². The molecule has 0 saturated heterocycles. The third kappa shape index (κ3) is 4.87. The van der Waals surface area contributed by atoms with Gasteiger partial charge in [-0.25, -0.2) is 0 Å². The molecule has 102 valence electrons. The summed E-state index contributed by atoms with van der Waals surface area (Å²) in [7, 11) is 0. The summed E-state index contributed by atoms with van der Waals surface area (Å²) in [5.41, 5.74) is 1.25. The summed E-state index contributed by atoms with van der Waals surface area (Å²) < 4.78 is 5.74. The Morgan fingerprint density at radius 3 is 2.61 bits per heavy atom. The van der Waals surface area contributed by atoms with Crippen molar-refractivity contribution in [1.82, 2.24) is 5.32 Å². The molecule has 1 aromatic rings. The average molecular weight is 270 g/mol. The van der Waals surface area contributed by atoms with Crippen LogP contribution in [-0.4, -0.2) is 12.1 Å². The average Bonchev–Trinajstić information content (AvgIpc) is 2.35. The molecule has 3 heteroatoms. The molecule has 0 bridgehead atoms. The molecule has 0 saturated carbocycles. The molecular weight excluding hydrogens is 246 g/mol. The Bertz CT molecular complexity index is 377. The molecule has 0 amide bonds. The highest BCUT2D eigenvalue weighted by atomic mass is 35.5. The second kappa shape index (κ2) is 7.01. The SMILES string of the molecule is CCCOc1ccc(Cl)cc1CNC(C)(C)CC. The van der Waals surface area contributed by atoms with Gasteiger partial charge in [-0.05, 0) is 44.9 Å². The summed E-state index contributed by atoms with van der Waals surface area (Å²) in [5.74, 6) is 0.931. The van der Waals surface area contributed by atoms with Crippen LogP contribution in [0, 0.1) is 0 Å². The monoisotopic (exact) mass is 269 g/mol. The van der Waals surface area contributed by atoms with E-state index in [0.717, 1.165) is 42.3 Å². The van der Waals surface area contributed by atoms with E-state index in [-0.39, 0.29) is 5.54 Å². The fraction of sp³-hybridized carbons (Fsp3) is 0.600. The molecule has 0 aliphatic carbocycles. The smallest absolute Gasteiger partial charge is 0.123 e. The van der Waals surface area contributed by atoms with Crippen molar-refractivity contribution in [2.24, 2.45) is 0 Å². The molecular formula is C15H24ClNO. The first kappa shape index (κ1) is 15.3. The van der Waals surface area contributed by atoms with Gasteiger partial charge >= 0.3 is 0 Å². The molecule has 0 unspecified atom stereocenters. The fourth-order valence-corrected chi connectivity index (χ4v) is 1.69. The summed E-state index contributed by atoms with van der Waals surface area (Å²) >= 11 is 6.05. The lowest BCUT2D eigenvalue weighted by Crippen LogP contribution is -2.37. The summed E-state index contributed by atoms with van der Waals surface area (Å²) in [6, 6.07) is 5.81. The lowest BCUT2D eigenvalue weighted by molar-refractivity contribution is 0.309. The molecule has 18 heavy (non-hydrogen) atoms. The Labute approximate surface area is 116 Å². The zero-order chi connectivity index (χ0) is 13.6. The van der Waals surface area contributed by atoms with E-state index in [0.29, 0.717) is 0 Å². The summed E-state index contributed by atoms with van der Waals surface area (Å²) in [6.07, 6.45) is 2.09. The summed E-state index contributed by atoms with van der Waals surface area (Å²) in [5, 5.41) is 4.28. The van der Waals surface area contributed by atoms with Gasteiger partial charge in [-0.1, -0.05) is 25.4 Å². The van der Waals surface area contributed by atoms with Crippen molar-refractivity contribution in [3.05, 3.63) is 28.8 Å². The number of nitrogens with one attached hydrogen (secondary N) is 1. The molecule has 1 N–H and O–H groups in total. The Kier molecular flexibility index (Phi) is 5.97. The van der Waals surface area contributed by atoms with Gasteiger partial charge in [-0.15, -0.1) is 0 Å². The van der Waals surface area contributed by atoms with Gasteiger partial charge in [0.25, 0.3) is 0 Å². The Morgan fingerprint density at radius 2 is 2.00 bits per heavy atom. The van der Waals surface area contributed by atoms with Gasteiger partial charge in [0.05, 0.1) is 6.61 Å². The zero-order valence-corrected chi connectivity index (χ0v) is 12.6. The second-order valence-corrected chi connectivity index (χ2v) is 5.63. The fourth-order valence-electron chi connectivity index (χ4n) is 1.50. The maximum absolute atomic E-state index is 6.05. The topological polar surface area (TPSA) is 21.3 Å². The van der Waals surface area contributed by atoms with E-state index in [1.54, 1.807) is 0 Å². The van der Waals surface area contributed by atoms with Gasteiger partial charge in [-0.3, -0.25) is 0 Å². The number of hydrogen-bond donors (Lipinski definition) is 1. The van der Waals surface area contributed by atoms with E-state index in [1.165, 1.54) is 0 Å². The molecule has 0 aromatic heterocycles. The van der Waals surface area contributed by atoms with Gasteiger partial charge < -0.3 is 10.1 Å². The van der Waals surface area contributed by atoms with Crippen LogP contribution in [0.15, 0.2) is 18.2 Å². The van der Waals surface area contributed by atoms with Gasteiger partial charge in [0, 0.05) is 22.7 Å². The van der Waals surface area contributed by atoms with Crippen molar-refractivity contribution in [2.45, 2.75) is 52.6 Å². The zero-order valence-electron chi connectivity index (χ0n) is 11.8. The number of benzene rings is 1. The Hall–Kier alpha value is -0.730. The predicted molar refractivity (Wildman–Crippen MR) is 78.4 cm³/mol. The minimum Gasteiger partial charge on any atom is -0.493 e. The van der Waals surface area contributed by atoms with E-state index in [4.69, 9.17) is 16.3 Å². The third-order valence-electron chi connectivity index (χ3n) is 3.13. The van der Waals surface area contributed by atoms with Gasteiger partial charge in [0.15, 0.2) is 0 Å². The quantitative estimate of drug-likeness (QED) is 0.792. The molecule has 0 spiro atoms. The maximum atomic E-state index is 6.05. The van der Waals surface area contributed by atoms with Crippen LogP contribution in [0.4, 0.5) is 0 Å². The number of halogens is 1. The lowest BCUT2D eigenvalue weighted by atomic mass is 10.0. The van der Waals surface area contributed by atoms with Crippen LogP contribution >= 0.6 is 11.6 Å². The van der Waals surface area contributed by atoms with Crippen LogP contribution in [0.5, 0.6) is 5.75 Å². The van der Waals surface area contributed by atoms with Crippen LogP contribution in [-0.2, 0) is 6.54 Å². The highest BCUT2D eigenvalue weighted by Crippen LogP contribution is 2.24. The Morgan fingerprint density at radius 1 is 1.28 bits per heavy atom. The van der Waals surface area contributed by atoms with E-state index < -0.39 is 0 Å². The van der Waals surface area contributed by atoms with Gasteiger partial charge in [-0.2, -0.15) is 0 Å².